The largest absolute Gasteiger partial charge is 0.492 e. The Bertz CT molecular complexity index is 457. The maximum absolute atomic E-state index is 5.64. The van der Waals surface area contributed by atoms with Crippen molar-refractivity contribution >= 4 is 0 Å². The topological polar surface area (TPSA) is 31.4 Å². The Morgan fingerprint density at radius 3 is 2.41 bits per heavy atom. The monoisotopic (exact) mass is 229 g/mol. The van der Waals surface area contributed by atoms with Gasteiger partial charge < -0.3 is 9.47 Å². The molecule has 0 radical (unpaired) electrons. The van der Waals surface area contributed by atoms with Crippen molar-refractivity contribution in [2.24, 2.45) is 0 Å². The molecule has 0 spiro atoms. The molecule has 0 fully saturated rings. The number of ether oxygens (including phenoxy) is 2. The van der Waals surface area contributed by atoms with Crippen molar-refractivity contribution < 1.29 is 9.47 Å². The van der Waals surface area contributed by atoms with E-state index in [0.29, 0.717) is 13.2 Å². The third-order valence-corrected chi connectivity index (χ3v) is 2.25. The van der Waals surface area contributed by atoms with Gasteiger partial charge in [0.1, 0.15) is 18.1 Å². The van der Waals surface area contributed by atoms with Crippen LogP contribution < -0.4 is 9.47 Å². The Balaban J connectivity index is 1.97. The van der Waals surface area contributed by atoms with Crippen molar-refractivity contribution in [1.29, 1.82) is 0 Å². The zero-order valence-electron chi connectivity index (χ0n) is 9.80. The molecule has 0 unspecified atom stereocenters. The minimum absolute atomic E-state index is 0.540. The fourth-order valence-electron chi connectivity index (χ4n) is 1.46. The van der Waals surface area contributed by atoms with E-state index in [1.807, 2.05) is 43.3 Å². The van der Waals surface area contributed by atoms with Crippen molar-refractivity contribution in [2.45, 2.75) is 13.5 Å². The second-order valence-corrected chi connectivity index (χ2v) is 3.56. The van der Waals surface area contributed by atoms with E-state index in [9.17, 15) is 0 Å². The van der Waals surface area contributed by atoms with Crippen LogP contribution >= 0.6 is 0 Å². The molecule has 0 amide bonds. The van der Waals surface area contributed by atoms with E-state index in [1.54, 1.807) is 12.4 Å². The van der Waals surface area contributed by atoms with Crippen LogP contribution in [0.4, 0.5) is 0 Å². The van der Waals surface area contributed by atoms with E-state index in [4.69, 9.17) is 9.47 Å². The fraction of sp³-hybridized carbons (Fsp3) is 0.214. The van der Waals surface area contributed by atoms with E-state index < -0.39 is 0 Å². The van der Waals surface area contributed by atoms with Crippen molar-refractivity contribution in [1.82, 2.24) is 4.98 Å². The van der Waals surface area contributed by atoms with Crippen LogP contribution in [-0.2, 0) is 6.61 Å². The van der Waals surface area contributed by atoms with Gasteiger partial charge in [0.25, 0.3) is 0 Å². The van der Waals surface area contributed by atoms with Gasteiger partial charge >= 0.3 is 0 Å². The lowest BCUT2D eigenvalue weighted by molar-refractivity contribution is 0.297. The molecule has 1 heterocycles. The summed E-state index contributed by atoms with van der Waals surface area (Å²) in [5.41, 5.74) is 1.13. The predicted molar refractivity (Wildman–Crippen MR) is 66.2 cm³/mol. The van der Waals surface area contributed by atoms with Crippen molar-refractivity contribution in [3.63, 3.8) is 0 Å². The molecule has 0 aliphatic heterocycles. The minimum Gasteiger partial charge on any atom is -0.492 e. The lowest BCUT2D eigenvalue weighted by Gasteiger charge is -2.07. The normalized spacial score (nSPS) is 9.94. The molecule has 0 saturated heterocycles. The first-order valence-electron chi connectivity index (χ1n) is 5.63. The van der Waals surface area contributed by atoms with E-state index in [-0.39, 0.29) is 0 Å². The molecule has 0 aliphatic rings. The van der Waals surface area contributed by atoms with Crippen LogP contribution in [0.25, 0.3) is 0 Å². The Morgan fingerprint density at radius 1 is 1.00 bits per heavy atom. The molecule has 0 saturated carbocycles. The standard InChI is InChI=1S/C14H15NO2/c1-2-16-13-8-14(10-15-9-13)17-11-12-6-4-3-5-7-12/h3-10H,2,11H2,1H3. The molecule has 0 aliphatic carbocycles. The highest BCUT2D eigenvalue weighted by Crippen LogP contribution is 2.18. The lowest BCUT2D eigenvalue weighted by atomic mass is 10.2. The second-order valence-electron chi connectivity index (χ2n) is 3.56. The molecule has 2 aromatic rings. The van der Waals surface area contributed by atoms with Gasteiger partial charge in [0.05, 0.1) is 19.0 Å². The number of rotatable bonds is 5. The number of aromatic nitrogens is 1. The molecule has 1 aromatic carbocycles. The third-order valence-electron chi connectivity index (χ3n) is 2.25. The third kappa shape index (κ3) is 3.48. The summed E-state index contributed by atoms with van der Waals surface area (Å²) in [7, 11) is 0. The maximum atomic E-state index is 5.64. The Kier molecular flexibility index (Phi) is 3.97. The number of hydrogen-bond donors (Lipinski definition) is 0. The first-order valence-corrected chi connectivity index (χ1v) is 5.63. The number of hydrogen-bond acceptors (Lipinski definition) is 3. The van der Waals surface area contributed by atoms with Gasteiger partial charge in [-0.15, -0.1) is 0 Å². The minimum atomic E-state index is 0.540. The van der Waals surface area contributed by atoms with Crippen LogP contribution in [0, 0.1) is 0 Å². The maximum Gasteiger partial charge on any atom is 0.141 e. The van der Waals surface area contributed by atoms with Crippen molar-refractivity contribution in [2.75, 3.05) is 6.61 Å². The van der Waals surface area contributed by atoms with Crippen molar-refractivity contribution in [3.05, 3.63) is 54.4 Å². The van der Waals surface area contributed by atoms with Crippen LogP contribution in [0.2, 0.25) is 0 Å². The molecular weight excluding hydrogens is 214 g/mol. The molecular formula is C14H15NO2. The molecule has 3 nitrogen and oxygen atoms in total. The van der Waals surface area contributed by atoms with Gasteiger partial charge in [-0.25, -0.2) is 0 Å². The quantitative estimate of drug-likeness (QED) is 0.789. The zero-order chi connectivity index (χ0) is 11.9. The Morgan fingerprint density at radius 2 is 1.71 bits per heavy atom. The highest BCUT2D eigenvalue weighted by Gasteiger charge is 1.99. The van der Waals surface area contributed by atoms with E-state index >= 15 is 0 Å². The van der Waals surface area contributed by atoms with Crippen LogP contribution in [0.15, 0.2) is 48.8 Å². The molecule has 2 rings (SSSR count). The smallest absolute Gasteiger partial charge is 0.141 e. The molecule has 3 heteroatoms. The SMILES string of the molecule is CCOc1cncc(OCc2ccccc2)c1. The average molecular weight is 229 g/mol. The first-order chi connectivity index (χ1) is 8.38. The summed E-state index contributed by atoms with van der Waals surface area (Å²) in [6.07, 6.45) is 3.37. The fourth-order valence-corrected chi connectivity index (χ4v) is 1.46. The summed E-state index contributed by atoms with van der Waals surface area (Å²) < 4.78 is 11.0. The van der Waals surface area contributed by atoms with E-state index in [2.05, 4.69) is 4.98 Å². The Labute approximate surface area is 101 Å². The highest BCUT2D eigenvalue weighted by atomic mass is 16.5. The summed E-state index contributed by atoms with van der Waals surface area (Å²) in [5.74, 6) is 1.46. The summed E-state index contributed by atoms with van der Waals surface area (Å²) in [6.45, 7) is 3.11. The summed E-state index contributed by atoms with van der Waals surface area (Å²) in [5, 5.41) is 0. The van der Waals surface area contributed by atoms with Crippen LogP contribution in [0.1, 0.15) is 12.5 Å². The molecule has 0 N–H and O–H groups in total. The van der Waals surface area contributed by atoms with Crippen molar-refractivity contribution in [3.8, 4) is 11.5 Å². The van der Waals surface area contributed by atoms with Gasteiger partial charge in [0.15, 0.2) is 0 Å². The van der Waals surface area contributed by atoms with Gasteiger partial charge in [0.2, 0.25) is 0 Å². The van der Waals surface area contributed by atoms with Gasteiger partial charge in [-0.05, 0) is 12.5 Å². The zero-order valence-corrected chi connectivity index (χ0v) is 9.80. The average Bonchev–Trinajstić information content (AvgIpc) is 2.39. The second kappa shape index (κ2) is 5.89. The molecule has 17 heavy (non-hydrogen) atoms. The Hall–Kier alpha value is -2.03. The molecule has 0 atom stereocenters. The van der Waals surface area contributed by atoms with Gasteiger partial charge in [-0.3, -0.25) is 4.98 Å². The summed E-state index contributed by atoms with van der Waals surface area (Å²) >= 11 is 0. The van der Waals surface area contributed by atoms with Gasteiger partial charge in [-0.2, -0.15) is 0 Å². The van der Waals surface area contributed by atoms with Crippen LogP contribution in [0.5, 0.6) is 11.5 Å². The first kappa shape index (κ1) is 11.5. The molecule has 0 bridgehead atoms. The number of benzene rings is 1. The van der Waals surface area contributed by atoms with Crippen LogP contribution in [-0.4, -0.2) is 11.6 Å². The number of pyridine rings is 1. The predicted octanol–water partition coefficient (Wildman–Crippen LogP) is 3.06. The van der Waals surface area contributed by atoms with E-state index in [1.165, 1.54) is 0 Å². The molecule has 1 aromatic heterocycles. The van der Waals surface area contributed by atoms with Crippen LogP contribution in [0.3, 0.4) is 0 Å². The number of nitrogens with zero attached hydrogens (tertiary/aromatic N) is 1. The van der Waals surface area contributed by atoms with E-state index in [0.717, 1.165) is 17.1 Å². The molecule has 88 valence electrons. The lowest BCUT2D eigenvalue weighted by Crippen LogP contribution is -1.97. The highest BCUT2D eigenvalue weighted by molar-refractivity contribution is 5.28. The summed E-state index contributed by atoms with van der Waals surface area (Å²) in [4.78, 5) is 4.07. The van der Waals surface area contributed by atoms with Gasteiger partial charge in [0, 0.05) is 6.07 Å². The summed E-state index contributed by atoms with van der Waals surface area (Å²) in [6, 6.07) is 11.9. The van der Waals surface area contributed by atoms with Gasteiger partial charge in [-0.1, -0.05) is 30.3 Å².